The summed E-state index contributed by atoms with van der Waals surface area (Å²) in [6.45, 7) is 1.44. The Labute approximate surface area is 170 Å². The summed E-state index contributed by atoms with van der Waals surface area (Å²) in [7, 11) is 0. The first kappa shape index (κ1) is 19.4. The van der Waals surface area contributed by atoms with Crippen LogP contribution < -0.4 is 9.64 Å². The molecule has 2 aromatic carbocycles. The van der Waals surface area contributed by atoms with Crippen molar-refractivity contribution in [3.05, 3.63) is 64.0 Å². The third-order valence-electron chi connectivity index (χ3n) is 3.74. The summed E-state index contributed by atoms with van der Waals surface area (Å²) in [5.41, 5.74) is 1.11. The van der Waals surface area contributed by atoms with E-state index in [2.05, 4.69) is 0 Å². The molecule has 138 valence electrons. The first-order valence-electron chi connectivity index (χ1n) is 7.89. The Morgan fingerprint density at radius 3 is 2.63 bits per heavy atom. The summed E-state index contributed by atoms with van der Waals surface area (Å²) >= 11 is 12.7. The number of thioether (sulfide) groups is 1. The van der Waals surface area contributed by atoms with Crippen molar-refractivity contribution >= 4 is 63.5 Å². The standard InChI is InChI=1S/C19H14ClNO4S2/c1-11(18(23)24)25-15-9-5-2-6-12(15)10-16-17(22)21(19(26)27-16)14-8-4-3-7-13(14)20/h2-11H,1H3,(H,23,24)/b16-10+. The van der Waals surface area contributed by atoms with E-state index >= 15 is 0 Å². The molecule has 1 aliphatic heterocycles. The van der Waals surface area contributed by atoms with E-state index in [0.29, 0.717) is 31.2 Å². The molecule has 27 heavy (non-hydrogen) atoms. The van der Waals surface area contributed by atoms with Gasteiger partial charge in [0.25, 0.3) is 5.91 Å². The number of thiocarbonyl (C=S) groups is 1. The van der Waals surface area contributed by atoms with Gasteiger partial charge in [-0.2, -0.15) is 0 Å². The molecule has 0 saturated carbocycles. The van der Waals surface area contributed by atoms with Crippen molar-refractivity contribution in [2.45, 2.75) is 13.0 Å². The zero-order valence-corrected chi connectivity index (χ0v) is 16.5. The van der Waals surface area contributed by atoms with Crippen LogP contribution in [0.5, 0.6) is 5.75 Å². The van der Waals surface area contributed by atoms with Crippen molar-refractivity contribution < 1.29 is 19.4 Å². The van der Waals surface area contributed by atoms with E-state index in [1.165, 1.54) is 11.8 Å². The molecule has 0 aliphatic carbocycles. The molecule has 1 atom stereocenters. The van der Waals surface area contributed by atoms with Crippen LogP contribution in [0.2, 0.25) is 5.02 Å². The molecule has 1 heterocycles. The highest BCUT2D eigenvalue weighted by Crippen LogP contribution is 2.39. The lowest BCUT2D eigenvalue weighted by atomic mass is 10.1. The topological polar surface area (TPSA) is 66.8 Å². The Morgan fingerprint density at radius 2 is 1.93 bits per heavy atom. The van der Waals surface area contributed by atoms with Crippen LogP contribution in [0.1, 0.15) is 12.5 Å². The molecule has 5 nitrogen and oxygen atoms in total. The molecule has 2 aromatic rings. The molecule has 1 aliphatic rings. The van der Waals surface area contributed by atoms with Crippen molar-refractivity contribution in [2.75, 3.05) is 4.90 Å². The Bertz CT molecular complexity index is 960. The maximum absolute atomic E-state index is 12.9. The lowest BCUT2D eigenvalue weighted by molar-refractivity contribution is -0.144. The summed E-state index contributed by atoms with van der Waals surface area (Å²) < 4.78 is 5.85. The summed E-state index contributed by atoms with van der Waals surface area (Å²) in [5, 5.41) is 9.47. The fourth-order valence-electron chi connectivity index (χ4n) is 2.40. The number of ether oxygens (including phenoxy) is 1. The number of anilines is 1. The number of halogens is 1. The Morgan fingerprint density at radius 1 is 1.26 bits per heavy atom. The van der Waals surface area contributed by atoms with Crippen molar-refractivity contribution in [1.29, 1.82) is 0 Å². The number of nitrogens with zero attached hydrogens (tertiary/aromatic N) is 1. The van der Waals surface area contributed by atoms with Gasteiger partial charge in [-0.25, -0.2) is 4.79 Å². The predicted molar refractivity (Wildman–Crippen MR) is 111 cm³/mol. The monoisotopic (exact) mass is 419 g/mol. The third-order valence-corrected chi connectivity index (χ3v) is 5.37. The van der Waals surface area contributed by atoms with Crippen LogP contribution in [0, 0.1) is 0 Å². The second kappa shape index (κ2) is 8.12. The van der Waals surface area contributed by atoms with Crippen molar-refractivity contribution in [1.82, 2.24) is 0 Å². The van der Waals surface area contributed by atoms with Gasteiger partial charge in [0.15, 0.2) is 10.4 Å². The van der Waals surface area contributed by atoms with Crippen LogP contribution in [0.4, 0.5) is 5.69 Å². The molecule has 1 unspecified atom stereocenters. The zero-order valence-electron chi connectivity index (χ0n) is 14.1. The minimum Gasteiger partial charge on any atom is -0.479 e. The lowest BCUT2D eigenvalue weighted by Crippen LogP contribution is -2.27. The Balaban J connectivity index is 1.93. The smallest absolute Gasteiger partial charge is 0.344 e. The molecule has 8 heteroatoms. The maximum Gasteiger partial charge on any atom is 0.344 e. The maximum atomic E-state index is 12.9. The second-order valence-corrected chi connectivity index (χ2v) is 7.69. The van der Waals surface area contributed by atoms with Crippen LogP contribution in [-0.4, -0.2) is 27.4 Å². The fourth-order valence-corrected chi connectivity index (χ4v) is 3.89. The van der Waals surface area contributed by atoms with Crippen LogP contribution in [0.3, 0.4) is 0 Å². The molecule has 0 radical (unpaired) electrons. The summed E-state index contributed by atoms with van der Waals surface area (Å²) in [6, 6.07) is 13.9. The summed E-state index contributed by atoms with van der Waals surface area (Å²) in [6.07, 6.45) is 0.622. The van der Waals surface area contributed by atoms with Gasteiger partial charge in [0.05, 0.1) is 15.6 Å². The van der Waals surface area contributed by atoms with E-state index < -0.39 is 12.1 Å². The lowest BCUT2D eigenvalue weighted by Gasteiger charge is -2.15. The Kier molecular flexibility index (Phi) is 5.84. The van der Waals surface area contributed by atoms with Crippen LogP contribution in [0.25, 0.3) is 6.08 Å². The van der Waals surface area contributed by atoms with Crippen LogP contribution >= 0.6 is 35.6 Å². The first-order chi connectivity index (χ1) is 12.9. The second-order valence-electron chi connectivity index (χ2n) is 5.60. The van der Waals surface area contributed by atoms with E-state index in [4.69, 9.17) is 33.7 Å². The van der Waals surface area contributed by atoms with E-state index in [0.717, 1.165) is 11.8 Å². The molecular weight excluding hydrogens is 406 g/mol. The number of para-hydroxylation sites is 2. The zero-order chi connectivity index (χ0) is 19.6. The number of benzene rings is 2. The van der Waals surface area contributed by atoms with Gasteiger partial charge in [0.2, 0.25) is 0 Å². The van der Waals surface area contributed by atoms with Gasteiger partial charge in [-0.15, -0.1) is 0 Å². The molecule has 0 aromatic heterocycles. The molecule has 0 spiro atoms. The number of hydrogen-bond acceptors (Lipinski definition) is 5. The largest absolute Gasteiger partial charge is 0.479 e. The fraction of sp³-hybridized carbons (Fsp3) is 0.105. The van der Waals surface area contributed by atoms with Crippen molar-refractivity contribution in [3.63, 3.8) is 0 Å². The molecule has 1 fully saturated rings. The molecule has 3 rings (SSSR count). The minimum atomic E-state index is -1.07. The SMILES string of the molecule is CC(Oc1ccccc1/C=C1/SC(=S)N(c2ccccc2Cl)C1=O)C(=O)O. The quantitative estimate of drug-likeness (QED) is 0.564. The van der Waals surface area contributed by atoms with Crippen LogP contribution in [0.15, 0.2) is 53.4 Å². The highest BCUT2D eigenvalue weighted by Gasteiger charge is 2.34. The number of amides is 1. The third kappa shape index (κ3) is 4.16. The Hall–Kier alpha value is -2.35. The van der Waals surface area contributed by atoms with Crippen molar-refractivity contribution in [3.8, 4) is 5.75 Å². The van der Waals surface area contributed by atoms with E-state index in [1.54, 1.807) is 54.6 Å². The number of hydrogen-bond donors (Lipinski definition) is 1. The number of carbonyl (C=O) groups excluding carboxylic acids is 1. The highest BCUT2D eigenvalue weighted by molar-refractivity contribution is 8.27. The highest BCUT2D eigenvalue weighted by atomic mass is 35.5. The molecule has 1 amide bonds. The number of aliphatic carboxylic acids is 1. The van der Waals surface area contributed by atoms with E-state index in [1.807, 2.05) is 0 Å². The number of rotatable bonds is 5. The molecular formula is C19H14ClNO4S2. The average molecular weight is 420 g/mol. The van der Waals surface area contributed by atoms with Gasteiger partial charge >= 0.3 is 5.97 Å². The van der Waals surface area contributed by atoms with Gasteiger partial charge in [-0.1, -0.05) is 65.9 Å². The van der Waals surface area contributed by atoms with Crippen molar-refractivity contribution in [2.24, 2.45) is 0 Å². The minimum absolute atomic E-state index is 0.292. The number of carboxylic acids is 1. The summed E-state index contributed by atoms with van der Waals surface area (Å²) in [5.74, 6) is -0.996. The number of carbonyl (C=O) groups is 2. The average Bonchev–Trinajstić information content (AvgIpc) is 2.90. The van der Waals surface area contributed by atoms with E-state index in [9.17, 15) is 9.59 Å². The molecule has 0 bridgehead atoms. The van der Waals surface area contributed by atoms with E-state index in [-0.39, 0.29) is 5.91 Å². The van der Waals surface area contributed by atoms with Crippen LogP contribution in [-0.2, 0) is 9.59 Å². The normalized spacial score (nSPS) is 16.7. The first-order valence-corrected chi connectivity index (χ1v) is 9.49. The predicted octanol–water partition coefficient (Wildman–Crippen LogP) is 4.60. The number of carboxylic acid groups (broad SMARTS) is 1. The molecule has 1 N–H and O–H groups in total. The van der Waals surface area contributed by atoms with Gasteiger partial charge in [0, 0.05) is 5.56 Å². The van der Waals surface area contributed by atoms with Gasteiger partial charge in [-0.3, -0.25) is 9.69 Å². The van der Waals surface area contributed by atoms with Gasteiger partial charge in [0.1, 0.15) is 5.75 Å². The van der Waals surface area contributed by atoms with Gasteiger partial charge in [-0.05, 0) is 31.2 Å². The summed E-state index contributed by atoms with van der Waals surface area (Å²) in [4.78, 5) is 25.7. The van der Waals surface area contributed by atoms with Gasteiger partial charge < -0.3 is 9.84 Å². The molecule has 1 saturated heterocycles.